The van der Waals surface area contributed by atoms with Crippen LogP contribution in [0, 0.1) is 0 Å². The number of anilines is 1. The molecule has 1 saturated heterocycles. The van der Waals surface area contributed by atoms with Gasteiger partial charge in [-0.2, -0.15) is 0 Å². The predicted molar refractivity (Wildman–Crippen MR) is 143 cm³/mol. The van der Waals surface area contributed by atoms with Gasteiger partial charge in [0.1, 0.15) is 0 Å². The molecule has 1 fully saturated rings. The molecular formula is C23H25Cl4N5O. The summed E-state index contributed by atoms with van der Waals surface area (Å²) in [5, 5.41) is 2.25. The zero-order chi connectivity index (χ0) is 20.5. The molecule has 10 heteroatoms. The first-order valence-corrected chi connectivity index (χ1v) is 10.5. The van der Waals surface area contributed by atoms with Crippen LogP contribution in [0.15, 0.2) is 65.8 Å². The zero-order valence-corrected chi connectivity index (χ0v) is 21.0. The van der Waals surface area contributed by atoms with Crippen molar-refractivity contribution in [3.8, 4) is 0 Å². The fourth-order valence-electron chi connectivity index (χ4n) is 4.07. The van der Waals surface area contributed by atoms with Gasteiger partial charge >= 0.3 is 0 Å². The third kappa shape index (κ3) is 5.70. The summed E-state index contributed by atoms with van der Waals surface area (Å²) in [6.07, 6.45) is 3.31. The molecule has 176 valence electrons. The van der Waals surface area contributed by atoms with E-state index in [0.29, 0.717) is 11.9 Å². The summed E-state index contributed by atoms with van der Waals surface area (Å²) >= 11 is 6.12. The van der Waals surface area contributed by atoms with Crippen molar-refractivity contribution >= 4 is 76.3 Å². The van der Waals surface area contributed by atoms with Crippen LogP contribution in [-0.4, -0.2) is 52.2 Å². The van der Waals surface area contributed by atoms with Crippen LogP contribution in [0.1, 0.15) is 0 Å². The van der Waals surface area contributed by atoms with Crippen molar-refractivity contribution in [2.24, 2.45) is 0 Å². The van der Waals surface area contributed by atoms with Crippen LogP contribution < -0.4 is 10.5 Å². The normalized spacial score (nSPS) is 13.8. The fraction of sp³-hybridized carbons (Fsp3) is 0.261. The summed E-state index contributed by atoms with van der Waals surface area (Å²) in [7, 11) is 0. The number of nitrogens with zero attached hydrogens (tertiary/aromatic N) is 5. The van der Waals surface area contributed by atoms with Gasteiger partial charge in [0.2, 0.25) is 0 Å². The van der Waals surface area contributed by atoms with Gasteiger partial charge in [0.25, 0.3) is 5.56 Å². The largest absolute Gasteiger partial charge is 0.369 e. The quantitative estimate of drug-likeness (QED) is 0.360. The molecule has 0 bridgehead atoms. The number of rotatable bonds is 4. The maximum absolute atomic E-state index is 13.0. The van der Waals surface area contributed by atoms with Crippen molar-refractivity contribution in [1.29, 1.82) is 0 Å². The Morgan fingerprint density at radius 2 is 1.61 bits per heavy atom. The lowest BCUT2D eigenvalue weighted by atomic mass is 10.1. The molecule has 0 aliphatic carbocycles. The van der Waals surface area contributed by atoms with E-state index in [4.69, 9.17) is 11.6 Å². The van der Waals surface area contributed by atoms with E-state index in [1.54, 1.807) is 17.1 Å². The molecule has 0 N–H and O–H groups in total. The summed E-state index contributed by atoms with van der Waals surface area (Å²) in [6, 6.07) is 15.8. The first-order chi connectivity index (χ1) is 14.7. The minimum atomic E-state index is -0.0317. The van der Waals surface area contributed by atoms with Gasteiger partial charge < -0.3 is 4.90 Å². The first kappa shape index (κ1) is 27.2. The molecule has 2 aromatic heterocycles. The van der Waals surface area contributed by atoms with Gasteiger partial charge in [0.15, 0.2) is 0 Å². The van der Waals surface area contributed by atoms with Crippen LogP contribution in [0.2, 0.25) is 5.02 Å². The number of piperazine rings is 1. The lowest BCUT2D eigenvalue weighted by molar-refractivity contribution is 0.247. The summed E-state index contributed by atoms with van der Waals surface area (Å²) in [6.45, 7) is 5.23. The second-order valence-corrected chi connectivity index (χ2v) is 8.03. The van der Waals surface area contributed by atoms with E-state index in [9.17, 15) is 4.79 Å². The predicted octanol–water partition coefficient (Wildman–Crippen LogP) is 4.69. The monoisotopic (exact) mass is 527 g/mol. The summed E-state index contributed by atoms with van der Waals surface area (Å²) < 4.78 is 1.70. The smallest absolute Gasteiger partial charge is 0.262 e. The summed E-state index contributed by atoms with van der Waals surface area (Å²) in [5.41, 5.74) is 2.71. The molecule has 0 radical (unpaired) electrons. The van der Waals surface area contributed by atoms with Gasteiger partial charge in [-0.05, 0) is 24.3 Å². The third-order valence-corrected chi connectivity index (χ3v) is 6.00. The van der Waals surface area contributed by atoms with Crippen molar-refractivity contribution in [2.75, 3.05) is 37.6 Å². The molecular weight excluding hydrogens is 504 g/mol. The van der Waals surface area contributed by atoms with Crippen molar-refractivity contribution in [3.05, 3.63) is 76.4 Å². The van der Waals surface area contributed by atoms with Gasteiger partial charge in [-0.1, -0.05) is 35.9 Å². The number of hydrogen-bond donors (Lipinski definition) is 0. The van der Waals surface area contributed by atoms with E-state index in [0.717, 1.165) is 59.9 Å². The average Bonchev–Trinajstić information content (AvgIpc) is 2.79. The molecule has 1 aliphatic rings. The highest BCUT2D eigenvalue weighted by Gasteiger charge is 2.17. The van der Waals surface area contributed by atoms with Crippen molar-refractivity contribution in [3.63, 3.8) is 0 Å². The SMILES string of the molecule is Cl.Cl.Cl.O=c1c2cnc3ccccc3c2ncn1CCN1CCN(c2cccc(Cl)c2)CC1. The van der Waals surface area contributed by atoms with Crippen LogP contribution in [0.5, 0.6) is 0 Å². The Hall–Kier alpha value is -2.09. The van der Waals surface area contributed by atoms with Crippen LogP contribution >= 0.6 is 48.8 Å². The Balaban J connectivity index is 0.00000128. The van der Waals surface area contributed by atoms with E-state index >= 15 is 0 Å². The molecule has 0 atom stereocenters. The van der Waals surface area contributed by atoms with Crippen molar-refractivity contribution in [1.82, 2.24) is 19.4 Å². The molecule has 33 heavy (non-hydrogen) atoms. The van der Waals surface area contributed by atoms with E-state index in [1.165, 1.54) is 0 Å². The fourth-order valence-corrected chi connectivity index (χ4v) is 4.25. The minimum absolute atomic E-state index is 0. The number of fused-ring (bicyclic) bond motifs is 3. The third-order valence-electron chi connectivity index (χ3n) is 5.77. The second kappa shape index (κ2) is 11.9. The molecule has 1 aliphatic heterocycles. The van der Waals surface area contributed by atoms with Crippen LogP contribution in [0.4, 0.5) is 5.69 Å². The van der Waals surface area contributed by atoms with E-state index in [-0.39, 0.29) is 42.8 Å². The molecule has 0 amide bonds. The van der Waals surface area contributed by atoms with Crippen molar-refractivity contribution in [2.45, 2.75) is 6.54 Å². The minimum Gasteiger partial charge on any atom is -0.369 e. The maximum Gasteiger partial charge on any atom is 0.262 e. The molecule has 2 aromatic carbocycles. The number of halogens is 4. The topological polar surface area (TPSA) is 54.3 Å². The zero-order valence-electron chi connectivity index (χ0n) is 17.8. The Kier molecular flexibility index (Phi) is 9.76. The van der Waals surface area contributed by atoms with Crippen molar-refractivity contribution < 1.29 is 0 Å². The highest BCUT2D eigenvalue weighted by atomic mass is 35.5. The van der Waals surface area contributed by atoms with Gasteiger partial charge in [0.05, 0.1) is 22.7 Å². The Bertz CT molecular complexity index is 1270. The lowest BCUT2D eigenvalue weighted by Crippen LogP contribution is -2.47. The Morgan fingerprint density at radius 3 is 2.36 bits per heavy atom. The van der Waals surface area contributed by atoms with Gasteiger partial charge in [0, 0.05) is 61.6 Å². The van der Waals surface area contributed by atoms with E-state index in [2.05, 4.69) is 25.8 Å². The molecule has 0 spiro atoms. The molecule has 4 aromatic rings. The number of para-hydroxylation sites is 1. The van der Waals surface area contributed by atoms with E-state index in [1.807, 2.05) is 42.5 Å². The standard InChI is InChI=1S/C23H22ClN5O.3ClH/c24-17-4-3-5-18(14-17)28-11-8-27(9-12-28)10-13-29-16-26-22-19-6-1-2-7-21(19)25-15-20(22)23(29)30;;;/h1-7,14-16H,8-13H2;3*1H. The summed E-state index contributed by atoms with van der Waals surface area (Å²) in [4.78, 5) is 26.7. The second-order valence-electron chi connectivity index (χ2n) is 7.59. The lowest BCUT2D eigenvalue weighted by Gasteiger charge is -2.36. The highest BCUT2D eigenvalue weighted by Crippen LogP contribution is 2.21. The number of benzene rings is 2. The first-order valence-electron chi connectivity index (χ1n) is 10.1. The molecule has 3 heterocycles. The van der Waals surface area contributed by atoms with Gasteiger partial charge in [-0.3, -0.25) is 19.2 Å². The van der Waals surface area contributed by atoms with Gasteiger partial charge in [-0.25, -0.2) is 4.98 Å². The molecule has 5 rings (SSSR count). The van der Waals surface area contributed by atoms with Gasteiger partial charge in [-0.15, -0.1) is 37.2 Å². The molecule has 0 unspecified atom stereocenters. The Morgan fingerprint density at radius 1 is 0.848 bits per heavy atom. The number of hydrogen-bond acceptors (Lipinski definition) is 5. The highest BCUT2D eigenvalue weighted by molar-refractivity contribution is 6.30. The van der Waals surface area contributed by atoms with Crippen LogP contribution in [0.25, 0.3) is 21.8 Å². The van der Waals surface area contributed by atoms with Crippen LogP contribution in [-0.2, 0) is 6.54 Å². The maximum atomic E-state index is 13.0. The summed E-state index contributed by atoms with van der Waals surface area (Å²) in [5.74, 6) is 0. The Labute approximate surface area is 215 Å². The van der Waals surface area contributed by atoms with Crippen LogP contribution in [0.3, 0.4) is 0 Å². The number of aromatic nitrogens is 3. The number of pyridine rings is 1. The molecule has 0 saturated carbocycles. The average molecular weight is 529 g/mol. The van der Waals surface area contributed by atoms with E-state index < -0.39 is 0 Å². The molecule has 6 nitrogen and oxygen atoms in total.